The lowest BCUT2D eigenvalue weighted by molar-refractivity contribution is 0.249. The van der Waals surface area contributed by atoms with E-state index in [2.05, 4.69) is 17.1 Å². The number of hydrogen-bond donors (Lipinski definition) is 0. The summed E-state index contributed by atoms with van der Waals surface area (Å²) in [5.74, 6) is 2.05. The van der Waals surface area contributed by atoms with Crippen LogP contribution in [0.1, 0.15) is 70.8 Å². The Kier molecular flexibility index (Phi) is 7.81. The maximum atomic E-state index is 14.6. The molecule has 0 radical (unpaired) electrons. The SMILES string of the molecule is CCCC[C@H]1CC[C@H](CCc2ccc(-c3ccc(OCC)nn3)cc2F)CC1. The first-order valence-electron chi connectivity index (χ1n) is 10.9. The number of benzene rings is 1. The molecule has 3 nitrogen and oxygen atoms in total. The first kappa shape index (κ1) is 20.8. The Labute approximate surface area is 168 Å². The highest BCUT2D eigenvalue weighted by Crippen LogP contribution is 2.34. The molecule has 1 aliphatic carbocycles. The Bertz CT molecular complexity index is 724. The van der Waals surface area contributed by atoms with Crippen LogP contribution in [0.5, 0.6) is 5.88 Å². The van der Waals surface area contributed by atoms with Crippen LogP contribution < -0.4 is 4.74 Å². The Morgan fingerprint density at radius 1 is 0.964 bits per heavy atom. The molecule has 0 N–H and O–H groups in total. The second kappa shape index (κ2) is 10.5. The van der Waals surface area contributed by atoms with E-state index in [-0.39, 0.29) is 5.82 Å². The monoisotopic (exact) mass is 384 g/mol. The van der Waals surface area contributed by atoms with Crippen LogP contribution in [0.25, 0.3) is 11.3 Å². The molecule has 1 aliphatic rings. The van der Waals surface area contributed by atoms with Crippen molar-refractivity contribution in [3.63, 3.8) is 0 Å². The summed E-state index contributed by atoms with van der Waals surface area (Å²) in [6.45, 7) is 4.73. The molecule has 3 rings (SSSR count). The van der Waals surface area contributed by atoms with Crippen LogP contribution in [-0.2, 0) is 6.42 Å². The maximum Gasteiger partial charge on any atom is 0.233 e. The average Bonchev–Trinajstić information content (AvgIpc) is 2.73. The standard InChI is InChI=1S/C24H33FN2O/c1-3-5-6-18-7-9-19(10-8-18)11-12-20-13-14-21(17-22(20)25)23-15-16-24(27-26-23)28-4-2/h13-19H,3-12H2,1-2H3/t18-,19-. The number of rotatable bonds is 9. The minimum absolute atomic E-state index is 0.134. The van der Waals surface area contributed by atoms with Gasteiger partial charge >= 0.3 is 0 Å². The van der Waals surface area contributed by atoms with Crippen LogP contribution in [-0.4, -0.2) is 16.8 Å². The number of halogens is 1. The molecule has 152 valence electrons. The van der Waals surface area contributed by atoms with Crippen LogP contribution in [0.4, 0.5) is 4.39 Å². The number of hydrogen-bond acceptors (Lipinski definition) is 3. The van der Waals surface area contributed by atoms with E-state index in [9.17, 15) is 4.39 Å². The second-order valence-electron chi connectivity index (χ2n) is 8.06. The summed E-state index contributed by atoms with van der Waals surface area (Å²) < 4.78 is 19.9. The van der Waals surface area contributed by atoms with Crippen molar-refractivity contribution in [1.29, 1.82) is 0 Å². The van der Waals surface area contributed by atoms with Crippen LogP contribution in [0.2, 0.25) is 0 Å². The lowest BCUT2D eigenvalue weighted by atomic mass is 9.78. The van der Waals surface area contributed by atoms with E-state index in [4.69, 9.17) is 4.74 Å². The van der Waals surface area contributed by atoms with E-state index < -0.39 is 0 Å². The van der Waals surface area contributed by atoms with Gasteiger partial charge in [-0.3, -0.25) is 0 Å². The molecule has 2 aromatic rings. The van der Waals surface area contributed by atoms with Gasteiger partial charge in [-0.2, -0.15) is 0 Å². The molecule has 1 saturated carbocycles. The second-order valence-corrected chi connectivity index (χ2v) is 8.06. The molecule has 1 aromatic heterocycles. The van der Waals surface area contributed by atoms with E-state index in [1.807, 2.05) is 25.1 Å². The summed E-state index contributed by atoms with van der Waals surface area (Å²) in [6, 6.07) is 9.04. The predicted molar refractivity (Wildman–Crippen MR) is 112 cm³/mol. The third-order valence-electron chi connectivity index (χ3n) is 6.04. The maximum absolute atomic E-state index is 14.6. The highest BCUT2D eigenvalue weighted by Gasteiger charge is 2.21. The molecule has 1 fully saturated rings. The Hall–Kier alpha value is -1.97. The van der Waals surface area contributed by atoms with Gasteiger partial charge in [0.25, 0.3) is 0 Å². The molecule has 0 spiro atoms. The molecule has 0 bridgehead atoms. The van der Waals surface area contributed by atoms with Gasteiger partial charge in [0.15, 0.2) is 0 Å². The smallest absolute Gasteiger partial charge is 0.233 e. The Morgan fingerprint density at radius 2 is 1.71 bits per heavy atom. The minimum Gasteiger partial charge on any atom is -0.477 e. The van der Waals surface area contributed by atoms with Crippen molar-refractivity contribution in [3.05, 3.63) is 41.7 Å². The first-order valence-corrected chi connectivity index (χ1v) is 10.9. The summed E-state index contributed by atoms with van der Waals surface area (Å²) in [6.07, 6.45) is 11.3. The van der Waals surface area contributed by atoms with Crippen molar-refractivity contribution in [2.45, 2.75) is 71.6 Å². The Balaban J connectivity index is 1.52. The van der Waals surface area contributed by atoms with Gasteiger partial charge in [-0.25, -0.2) is 4.39 Å². The van der Waals surface area contributed by atoms with Gasteiger partial charge in [0, 0.05) is 11.6 Å². The minimum atomic E-state index is -0.134. The van der Waals surface area contributed by atoms with Crippen molar-refractivity contribution in [2.24, 2.45) is 11.8 Å². The zero-order chi connectivity index (χ0) is 19.8. The van der Waals surface area contributed by atoms with Crippen LogP contribution in [0.15, 0.2) is 30.3 Å². The summed E-state index contributed by atoms with van der Waals surface area (Å²) in [4.78, 5) is 0. The summed E-state index contributed by atoms with van der Waals surface area (Å²) in [7, 11) is 0. The molecule has 1 heterocycles. The van der Waals surface area contributed by atoms with Crippen LogP contribution >= 0.6 is 0 Å². The Morgan fingerprint density at radius 3 is 2.32 bits per heavy atom. The summed E-state index contributed by atoms with van der Waals surface area (Å²) in [5, 5.41) is 8.17. The lowest BCUT2D eigenvalue weighted by Gasteiger charge is -2.28. The number of nitrogens with zero attached hydrogens (tertiary/aromatic N) is 2. The van der Waals surface area contributed by atoms with Gasteiger partial charge < -0.3 is 4.74 Å². The molecule has 28 heavy (non-hydrogen) atoms. The quantitative estimate of drug-likeness (QED) is 0.488. The van der Waals surface area contributed by atoms with Crippen molar-refractivity contribution < 1.29 is 9.13 Å². The largest absolute Gasteiger partial charge is 0.477 e. The highest BCUT2D eigenvalue weighted by atomic mass is 19.1. The van der Waals surface area contributed by atoms with E-state index in [0.29, 0.717) is 18.2 Å². The number of ether oxygens (including phenoxy) is 1. The third kappa shape index (κ3) is 5.76. The fraction of sp³-hybridized carbons (Fsp3) is 0.583. The van der Waals surface area contributed by atoms with Crippen LogP contribution in [0.3, 0.4) is 0 Å². The van der Waals surface area contributed by atoms with Crippen LogP contribution in [0, 0.1) is 17.7 Å². The predicted octanol–water partition coefficient (Wildman–Crippen LogP) is 6.61. The van der Waals surface area contributed by atoms with Gasteiger partial charge in [0.05, 0.1) is 12.3 Å². The average molecular weight is 385 g/mol. The van der Waals surface area contributed by atoms with E-state index >= 15 is 0 Å². The zero-order valence-corrected chi connectivity index (χ0v) is 17.3. The number of aromatic nitrogens is 2. The number of unbranched alkanes of at least 4 members (excludes halogenated alkanes) is 1. The van der Waals surface area contributed by atoms with E-state index in [1.165, 1.54) is 44.9 Å². The van der Waals surface area contributed by atoms with Crippen molar-refractivity contribution >= 4 is 0 Å². The summed E-state index contributed by atoms with van der Waals surface area (Å²) >= 11 is 0. The van der Waals surface area contributed by atoms with E-state index in [0.717, 1.165) is 35.8 Å². The van der Waals surface area contributed by atoms with Gasteiger partial charge in [-0.05, 0) is 49.3 Å². The van der Waals surface area contributed by atoms with Gasteiger partial charge in [0.1, 0.15) is 5.82 Å². The molecule has 0 aliphatic heterocycles. The van der Waals surface area contributed by atoms with Gasteiger partial charge in [-0.1, -0.05) is 64.0 Å². The van der Waals surface area contributed by atoms with Gasteiger partial charge in [0.2, 0.25) is 5.88 Å². The van der Waals surface area contributed by atoms with E-state index in [1.54, 1.807) is 12.1 Å². The third-order valence-corrected chi connectivity index (χ3v) is 6.04. The number of aryl methyl sites for hydroxylation is 1. The fourth-order valence-corrected chi connectivity index (χ4v) is 4.27. The molecular weight excluding hydrogens is 351 g/mol. The molecular formula is C24H33FN2O. The van der Waals surface area contributed by atoms with Gasteiger partial charge in [-0.15, -0.1) is 10.2 Å². The van der Waals surface area contributed by atoms with Crippen molar-refractivity contribution in [3.8, 4) is 17.1 Å². The summed E-state index contributed by atoms with van der Waals surface area (Å²) in [5.41, 5.74) is 2.24. The molecule has 0 atom stereocenters. The molecule has 0 amide bonds. The highest BCUT2D eigenvalue weighted by molar-refractivity contribution is 5.59. The zero-order valence-electron chi connectivity index (χ0n) is 17.3. The topological polar surface area (TPSA) is 35.0 Å². The fourth-order valence-electron chi connectivity index (χ4n) is 4.27. The lowest BCUT2D eigenvalue weighted by Crippen LogP contribution is -2.15. The normalized spacial score (nSPS) is 19.5. The molecule has 4 heteroatoms. The van der Waals surface area contributed by atoms with Crippen molar-refractivity contribution in [2.75, 3.05) is 6.61 Å². The van der Waals surface area contributed by atoms with Crippen molar-refractivity contribution in [1.82, 2.24) is 10.2 Å². The molecule has 0 unspecified atom stereocenters. The molecule has 1 aromatic carbocycles. The molecule has 0 saturated heterocycles. The first-order chi connectivity index (χ1) is 13.7.